The Kier molecular flexibility index (Phi) is 4.55. The lowest BCUT2D eigenvalue weighted by Gasteiger charge is -2.30. The molecular weight excluding hydrogens is 296 g/mol. The third kappa shape index (κ3) is 3.67. The highest BCUT2D eigenvalue weighted by atomic mass is 16.2. The van der Waals surface area contributed by atoms with Gasteiger partial charge < -0.3 is 10.2 Å². The van der Waals surface area contributed by atoms with E-state index in [1.165, 1.54) is 0 Å². The maximum absolute atomic E-state index is 11.9. The number of nitrogens with zero attached hydrogens (tertiary/aromatic N) is 2. The van der Waals surface area contributed by atoms with Crippen molar-refractivity contribution in [2.24, 2.45) is 0 Å². The number of imide groups is 1. The molecule has 0 aromatic carbocycles. The van der Waals surface area contributed by atoms with Gasteiger partial charge in [0.25, 0.3) is 0 Å². The summed E-state index contributed by atoms with van der Waals surface area (Å²) in [6.45, 7) is 1.52. The number of anilines is 1. The second-order valence-corrected chi connectivity index (χ2v) is 6.04. The molecule has 3 rings (SSSR count). The second-order valence-electron chi connectivity index (χ2n) is 6.04. The first-order valence-electron chi connectivity index (χ1n) is 7.91. The number of amides is 3. The zero-order valence-electron chi connectivity index (χ0n) is 12.8. The number of hydrogen-bond acceptors (Lipinski definition) is 5. The van der Waals surface area contributed by atoms with E-state index in [0.29, 0.717) is 18.9 Å². The van der Waals surface area contributed by atoms with Gasteiger partial charge in [-0.25, -0.2) is 4.98 Å². The molecule has 1 atom stereocenters. The highest BCUT2D eigenvalue weighted by Crippen LogP contribution is 2.25. The number of carbonyl (C=O) groups is 3. The summed E-state index contributed by atoms with van der Waals surface area (Å²) in [7, 11) is 0. The lowest BCUT2D eigenvalue weighted by atomic mass is 9.92. The highest BCUT2D eigenvalue weighted by Gasteiger charge is 2.28. The molecular formula is C16H20N4O3. The fourth-order valence-electron chi connectivity index (χ4n) is 3.07. The first-order chi connectivity index (χ1) is 11.2. The Balaban J connectivity index is 1.58. The van der Waals surface area contributed by atoms with Crippen molar-refractivity contribution in [2.75, 3.05) is 18.4 Å². The number of pyridine rings is 1. The van der Waals surface area contributed by atoms with E-state index in [4.69, 9.17) is 0 Å². The number of rotatable bonds is 4. The van der Waals surface area contributed by atoms with E-state index in [1.54, 1.807) is 11.1 Å². The summed E-state index contributed by atoms with van der Waals surface area (Å²) < 4.78 is 0. The molecule has 0 radical (unpaired) electrons. The van der Waals surface area contributed by atoms with E-state index in [0.717, 1.165) is 43.7 Å². The summed E-state index contributed by atoms with van der Waals surface area (Å²) >= 11 is 0. The highest BCUT2D eigenvalue weighted by molar-refractivity contribution is 6.00. The smallest absolute Gasteiger partial charge is 0.234 e. The summed E-state index contributed by atoms with van der Waals surface area (Å²) in [6.07, 6.45) is 5.28. The van der Waals surface area contributed by atoms with Crippen LogP contribution < -0.4 is 10.6 Å². The van der Waals surface area contributed by atoms with Crippen LogP contribution in [-0.4, -0.2) is 47.2 Å². The largest absolute Gasteiger partial charge is 0.367 e. The monoisotopic (exact) mass is 316 g/mol. The van der Waals surface area contributed by atoms with Crippen LogP contribution >= 0.6 is 0 Å². The van der Waals surface area contributed by atoms with Crippen molar-refractivity contribution >= 4 is 24.0 Å². The quantitative estimate of drug-likeness (QED) is 0.628. The molecule has 0 aliphatic carbocycles. The van der Waals surface area contributed by atoms with Crippen molar-refractivity contribution in [1.29, 1.82) is 0 Å². The van der Waals surface area contributed by atoms with E-state index in [1.807, 2.05) is 12.1 Å². The van der Waals surface area contributed by atoms with Gasteiger partial charge >= 0.3 is 0 Å². The Morgan fingerprint density at radius 2 is 2.00 bits per heavy atom. The lowest BCUT2D eigenvalue weighted by Crippen LogP contribution is -2.39. The number of likely N-dealkylation sites (tertiary alicyclic amines) is 1. The Morgan fingerprint density at radius 3 is 2.61 bits per heavy atom. The standard InChI is InChI=1S/C16H20N4O3/c21-10-20-7-5-12(6-8-20)18-14-3-1-11(9-17-14)13-2-4-15(22)19-16(13)23/h1,3,9-10,12-13H,2,4-8H2,(H,17,18)(H,19,22,23). The van der Waals surface area contributed by atoms with Crippen molar-refractivity contribution in [1.82, 2.24) is 15.2 Å². The zero-order chi connectivity index (χ0) is 16.2. The molecule has 0 spiro atoms. The van der Waals surface area contributed by atoms with Gasteiger partial charge in [-0.05, 0) is 30.9 Å². The molecule has 3 heterocycles. The minimum absolute atomic E-state index is 0.209. The fourth-order valence-corrected chi connectivity index (χ4v) is 3.07. The molecule has 7 nitrogen and oxygen atoms in total. The lowest BCUT2D eigenvalue weighted by molar-refractivity contribution is -0.134. The molecule has 23 heavy (non-hydrogen) atoms. The molecule has 3 amide bonds. The molecule has 7 heteroatoms. The average molecular weight is 316 g/mol. The SMILES string of the molecule is O=CN1CCC(Nc2ccc(C3CCC(=O)NC3=O)cn2)CC1. The summed E-state index contributed by atoms with van der Waals surface area (Å²) in [5.74, 6) is 0.0137. The number of nitrogens with one attached hydrogen (secondary N) is 2. The van der Waals surface area contributed by atoms with Crippen molar-refractivity contribution in [3.63, 3.8) is 0 Å². The van der Waals surface area contributed by atoms with Gasteiger partial charge in [0.05, 0.1) is 5.92 Å². The molecule has 0 bridgehead atoms. The predicted molar refractivity (Wildman–Crippen MR) is 83.6 cm³/mol. The summed E-state index contributed by atoms with van der Waals surface area (Å²) in [6, 6.07) is 4.06. The average Bonchev–Trinajstić information content (AvgIpc) is 2.57. The van der Waals surface area contributed by atoms with Crippen LogP contribution in [-0.2, 0) is 14.4 Å². The van der Waals surface area contributed by atoms with Gasteiger partial charge in [-0.15, -0.1) is 0 Å². The maximum Gasteiger partial charge on any atom is 0.234 e. The van der Waals surface area contributed by atoms with Crippen LogP contribution in [0.1, 0.15) is 37.2 Å². The Hall–Kier alpha value is -2.44. The molecule has 2 N–H and O–H groups in total. The molecule has 2 aliphatic rings. The summed E-state index contributed by atoms with van der Waals surface area (Å²) in [5.41, 5.74) is 0.830. The predicted octanol–water partition coefficient (Wildman–Crippen LogP) is 0.634. The Labute approximate surface area is 134 Å². The van der Waals surface area contributed by atoms with Crippen LogP contribution in [0.25, 0.3) is 0 Å². The van der Waals surface area contributed by atoms with Crippen molar-refractivity contribution < 1.29 is 14.4 Å². The van der Waals surface area contributed by atoms with Crippen LogP contribution in [0, 0.1) is 0 Å². The van der Waals surface area contributed by atoms with E-state index < -0.39 is 0 Å². The third-order valence-electron chi connectivity index (χ3n) is 4.46. The first kappa shape index (κ1) is 15.5. The number of hydrogen-bond donors (Lipinski definition) is 2. The van der Waals surface area contributed by atoms with Crippen LogP contribution in [0.4, 0.5) is 5.82 Å². The molecule has 1 aromatic rings. The van der Waals surface area contributed by atoms with Gasteiger partial charge in [-0.1, -0.05) is 6.07 Å². The fraction of sp³-hybridized carbons (Fsp3) is 0.500. The van der Waals surface area contributed by atoms with Crippen LogP contribution in [0.15, 0.2) is 18.3 Å². The van der Waals surface area contributed by atoms with Crippen LogP contribution in [0.5, 0.6) is 0 Å². The Bertz CT molecular complexity index is 594. The molecule has 2 fully saturated rings. The molecule has 2 aliphatic heterocycles. The van der Waals surface area contributed by atoms with Gasteiger partial charge in [-0.3, -0.25) is 19.7 Å². The van der Waals surface area contributed by atoms with E-state index in [9.17, 15) is 14.4 Å². The van der Waals surface area contributed by atoms with Gasteiger partial charge in [0.15, 0.2) is 0 Å². The van der Waals surface area contributed by atoms with E-state index >= 15 is 0 Å². The van der Waals surface area contributed by atoms with Crippen molar-refractivity contribution in [2.45, 2.75) is 37.6 Å². The van der Waals surface area contributed by atoms with Gasteiger partial charge in [0.1, 0.15) is 5.82 Å². The van der Waals surface area contributed by atoms with Crippen molar-refractivity contribution in [3.05, 3.63) is 23.9 Å². The van der Waals surface area contributed by atoms with E-state index in [2.05, 4.69) is 15.6 Å². The third-order valence-corrected chi connectivity index (χ3v) is 4.46. The minimum Gasteiger partial charge on any atom is -0.367 e. The normalized spacial score (nSPS) is 22.6. The molecule has 0 saturated carbocycles. The van der Waals surface area contributed by atoms with Crippen LogP contribution in [0.3, 0.4) is 0 Å². The number of carbonyl (C=O) groups excluding carboxylic acids is 3. The molecule has 1 unspecified atom stereocenters. The van der Waals surface area contributed by atoms with Gasteiger partial charge in [0, 0.05) is 31.7 Å². The zero-order valence-corrected chi connectivity index (χ0v) is 12.8. The Morgan fingerprint density at radius 1 is 1.22 bits per heavy atom. The van der Waals surface area contributed by atoms with Gasteiger partial charge in [0.2, 0.25) is 18.2 Å². The first-order valence-corrected chi connectivity index (χ1v) is 7.91. The second kappa shape index (κ2) is 6.76. The topological polar surface area (TPSA) is 91.4 Å². The number of aromatic nitrogens is 1. The summed E-state index contributed by atoms with van der Waals surface area (Å²) in [4.78, 5) is 39.9. The molecule has 2 saturated heterocycles. The summed E-state index contributed by atoms with van der Waals surface area (Å²) in [5, 5.41) is 5.73. The van der Waals surface area contributed by atoms with Crippen LogP contribution in [0.2, 0.25) is 0 Å². The molecule has 122 valence electrons. The maximum atomic E-state index is 11.9. The minimum atomic E-state index is -0.301. The van der Waals surface area contributed by atoms with Crippen molar-refractivity contribution in [3.8, 4) is 0 Å². The van der Waals surface area contributed by atoms with Gasteiger partial charge in [-0.2, -0.15) is 0 Å². The number of piperidine rings is 2. The van der Waals surface area contributed by atoms with E-state index in [-0.39, 0.29) is 17.7 Å². The molecule has 1 aromatic heterocycles.